The summed E-state index contributed by atoms with van der Waals surface area (Å²) in [6.07, 6.45) is 0. The van der Waals surface area contributed by atoms with E-state index in [-0.39, 0.29) is 0 Å². The minimum atomic E-state index is 0.543. The second-order valence-electron chi connectivity index (χ2n) is 16.7. The SMILES string of the molecule is c1ccc(-c2nc(-c3cccc4c3oc3cc(-n5c6ccccc6c6cc7ccccc7cc65)c5ccccc5c34)nc(-c3cccc4c3c3ccccc3n4-c3ccccc3)n2)cc1. The van der Waals surface area contributed by atoms with Crippen LogP contribution in [0.3, 0.4) is 0 Å². The molecule has 0 spiro atoms. The van der Waals surface area contributed by atoms with E-state index in [1.54, 1.807) is 0 Å². The molecule has 0 aliphatic carbocycles. The lowest BCUT2D eigenvalue weighted by atomic mass is 10.0. The highest BCUT2D eigenvalue weighted by Crippen LogP contribution is 2.44. The molecule has 4 aromatic heterocycles. The van der Waals surface area contributed by atoms with Crippen molar-refractivity contribution in [2.45, 2.75) is 0 Å². The summed E-state index contributed by atoms with van der Waals surface area (Å²) in [7, 11) is 0. The van der Waals surface area contributed by atoms with Gasteiger partial charge in [0, 0.05) is 60.6 Å². The zero-order valence-electron chi connectivity index (χ0n) is 34.9. The first-order valence-corrected chi connectivity index (χ1v) is 21.9. The van der Waals surface area contributed by atoms with Gasteiger partial charge in [-0.1, -0.05) is 158 Å². The van der Waals surface area contributed by atoms with Gasteiger partial charge in [-0.3, -0.25) is 0 Å². The molecule has 0 aliphatic rings. The van der Waals surface area contributed by atoms with E-state index in [4.69, 9.17) is 19.4 Å². The predicted octanol–water partition coefficient (Wildman–Crippen LogP) is 15.3. The fourth-order valence-corrected chi connectivity index (χ4v) is 10.3. The van der Waals surface area contributed by atoms with Crippen molar-refractivity contribution in [3.8, 4) is 45.5 Å². The Hall–Kier alpha value is -8.87. The van der Waals surface area contributed by atoms with Crippen molar-refractivity contribution in [3.63, 3.8) is 0 Å². The number of nitrogens with zero attached hydrogens (tertiary/aromatic N) is 5. The quantitative estimate of drug-likeness (QED) is 0.173. The summed E-state index contributed by atoms with van der Waals surface area (Å²) >= 11 is 0. The highest BCUT2D eigenvalue weighted by atomic mass is 16.3. The third-order valence-electron chi connectivity index (χ3n) is 13.1. The summed E-state index contributed by atoms with van der Waals surface area (Å²) in [4.78, 5) is 15.9. The van der Waals surface area contributed by atoms with Gasteiger partial charge in [0.25, 0.3) is 0 Å². The van der Waals surface area contributed by atoms with Gasteiger partial charge in [-0.05, 0) is 64.7 Å². The van der Waals surface area contributed by atoms with E-state index in [9.17, 15) is 0 Å². The summed E-state index contributed by atoms with van der Waals surface area (Å²) in [5.74, 6) is 1.73. The standard InChI is InChI=1S/C59H35N5O/c1-3-17-36(18-4-1)57-60-58(45-28-16-32-50-54(45)43-26-12-14-31-49(43)63(50)39-21-5-2-6-22-39)62-59(61-57)46-29-15-27-44-55-42-25-10-9-23-40(42)52(35-53(55)65-56(44)46)64-48-30-13-11-24-41(48)47-33-37-19-7-8-20-38(37)34-51(47)64/h1-35H. The minimum absolute atomic E-state index is 0.543. The van der Waals surface area contributed by atoms with Crippen LogP contribution in [0.25, 0.3) is 133 Å². The molecule has 0 saturated heterocycles. The van der Waals surface area contributed by atoms with Crippen molar-refractivity contribution >= 4 is 87.1 Å². The van der Waals surface area contributed by atoms with Crippen LogP contribution in [0.5, 0.6) is 0 Å². The first kappa shape index (κ1) is 35.7. The van der Waals surface area contributed by atoms with E-state index in [2.05, 4.69) is 203 Å². The molecular formula is C59H35N5O. The molecule has 0 atom stereocenters. The van der Waals surface area contributed by atoms with Gasteiger partial charge in [-0.25, -0.2) is 15.0 Å². The van der Waals surface area contributed by atoms with Crippen molar-refractivity contribution < 1.29 is 4.42 Å². The molecule has 65 heavy (non-hydrogen) atoms. The van der Waals surface area contributed by atoms with Gasteiger partial charge in [-0.15, -0.1) is 0 Å². The Morgan fingerprint density at radius 2 is 0.908 bits per heavy atom. The van der Waals surface area contributed by atoms with E-state index in [0.29, 0.717) is 17.5 Å². The van der Waals surface area contributed by atoms with Crippen molar-refractivity contribution in [3.05, 3.63) is 212 Å². The van der Waals surface area contributed by atoms with Crippen LogP contribution in [0.4, 0.5) is 0 Å². The van der Waals surface area contributed by atoms with E-state index < -0.39 is 0 Å². The summed E-state index contributed by atoms with van der Waals surface area (Å²) in [5.41, 5.74) is 10.8. The van der Waals surface area contributed by atoms with Crippen LogP contribution in [0, 0.1) is 0 Å². The highest BCUT2D eigenvalue weighted by molar-refractivity contribution is 6.23. The zero-order valence-corrected chi connectivity index (χ0v) is 34.9. The number of aromatic nitrogens is 5. The predicted molar refractivity (Wildman–Crippen MR) is 267 cm³/mol. The lowest BCUT2D eigenvalue weighted by molar-refractivity contribution is 0.669. The topological polar surface area (TPSA) is 61.7 Å². The van der Waals surface area contributed by atoms with Crippen LogP contribution in [-0.2, 0) is 0 Å². The maximum Gasteiger partial charge on any atom is 0.167 e. The van der Waals surface area contributed by atoms with Crippen molar-refractivity contribution in [1.29, 1.82) is 0 Å². The molecule has 0 unspecified atom stereocenters. The third kappa shape index (κ3) is 5.31. The second-order valence-corrected chi connectivity index (χ2v) is 16.7. The number of para-hydroxylation sites is 4. The first-order chi connectivity index (χ1) is 32.2. The van der Waals surface area contributed by atoms with Crippen molar-refractivity contribution in [2.75, 3.05) is 0 Å². The molecule has 0 fully saturated rings. The zero-order chi connectivity index (χ0) is 42.6. The van der Waals surface area contributed by atoms with Gasteiger partial charge in [0.2, 0.25) is 0 Å². The average Bonchev–Trinajstić information content (AvgIpc) is 4.03. The summed E-state index contributed by atoms with van der Waals surface area (Å²) in [5, 5.41) is 11.4. The fraction of sp³-hybridized carbons (Fsp3) is 0. The van der Waals surface area contributed by atoms with Crippen molar-refractivity contribution in [2.24, 2.45) is 0 Å². The van der Waals surface area contributed by atoms with Crippen LogP contribution in [-0.4, -0.2) is 24.1 Å². The maximum absolute atomic E-state index is 7.13. The number of furan rings is 1. The monoisotopic (exact) mass is 829 g/mol. The molecule has 302 valence electrons. The van der Waals surface area contributed by atoms with Gasteiger partial charge in [0.15, 0.2) is 17.5 Å². The van der Waals surface area contributed by atoms with Gasteiger partial charge >= 0.3 is 0 Å². The van der Waals surface area contributed by atoms with Crippen LogP contribution in [0.15, 0.2) is 217 Å². The fourth-order valence-electron chi connectivity index (χ4n) is 10.3. The normalized spacial score (nSPS) is 12.0. The molecule has 6 heteroatoms. The number of hydrogen-bond donors (Lipinski definition) is 0. The Morgan fingerprint density at radius 1 is 0.338 bits per heavy atom. The van der Waals surface area contributed by atoms with Crippen molar-refractivity contribution in [1.82, 2.24) is 24.1 Å². The molecule has 0 N–H and O–H groups in total. The Bertz CT molecular complexity index is 4240. The first-order valence-electron chi connectivity index (χ1n) is 21.9. The summed E-state index contributed by atoms with van der Waals surface area (Å²) in [6, 6.07) is 74.8. The average molecular weight is 830 g/mol. The lowest BCUT2D eigenvalue weighted by Gasteiger charge is -2.13. The van der Waals surface area contributed by atoms with Crippen LogP contribution >= 0.6 is 0 Å². The van der Waals surface area contributed by atoms with Crippen LogP contribution < -0.4 is 0 Å². The number of hydrogen-bond acceptors (Lipinski definition) is 4. The molecule has 10 aromatic carbocycles. The molecule has 0 saturated carbocycles. The molecule has 0 aliphatic heterocycles. The number of fused-ring (bicyclic) bond motifs is 12. The van der Waals surface area contributed by atoms with Crippen LogP contribution in [0.2, 0.25) is 0 Å². The third-order valence-corrected chi connectivity index (χ3v) is 13.1. The van der Waals surface area contributed by atoms with Gasteiger partial charge < -0.3 is 13.6 Å². The Kier molecular flexibility index (Phi) is 7.59. The van der Waals surface area contributed by atoms with Gasteiger partial charge in [-0.2, -0.15) is 0 Å². The van der Waals surface area contributed by atoms with E-state index >= 15 is 0 Å². The summed E-state index contributed by atoms with van der Waals surface area (Å²) < 4.78 is 11.9. The van der Waals surface area contributed by atoms with E-state index in [1.165, 1.54) is 21.5 Å². The van der Waals surface area contributed by atoms with Gasteiger partial charge in [0.05, 0.1) is 33.3 Å². The minimum Gasteiger partial charge on any atom is -0.455 e. The molecule has 0 radical (unpaired) electrons. The smallest absolute Gasteiger partial charge is 0.167 e. The van der Waals surface area contributed by atoms with E-state index in [1.807, 2.05) is 18.2 Å². The highest BCUT2D eigenvalue weighted by Gasteiger charge is 2.24. The number of rotatable bonds is 5. The molecule has 14 aromatic rings. The van der Waals surface area contributed by atoms with Crippen LogP contribution in [0.1, 0.15) is 0 Å². The Balaban J connectivity index is 1.03. The molecule has 0 amide bonds. The summed E-state index contributed by atoms with van der Waals surface area (Å²) in [6.45, 7) is 0. The lowest BCUT2D eigenvalue weighted by Crippen LogP contribution is -2.00. The van der Waals surface area contributed by atoms with Gasteiger partial charge in [0.1, 0.15) is 11.2 Å². The molecule has 14 rings (SSSR count). The number of benzene rings is 10. The Morgan fingerprint density at radius 3 is 1.71 bits per heavy atom. The largest absolute Gasteiger partial charge is 0.455 e. The maximum atomic E-state index is 7.13. The second kappa shape index (κ2) is 13.8. The molecule has 0 bridgehead atoms. The molecule has 4 heterocycles. The molecular weight excluding hydrogens is 795 g/mol. The molecule has 6 nitrogen and oxygen atoms in total. The van der Waals surface area contributed by atoms with E-state index in [0.717, 1.165) is 93.6 Å². The Labute approximate surface area is 371 Å².